The van der Waals surface area contributed by atoms with Crippen LogP contribution >= 0.6 is 12.2 Å². The molecule has 5 heteroatoms. The summed E-state index contributed by atoms with van der Waals surface area (Å²) in [5, 5.41) is 4.28. The second kappa shape index (κ2) is 8.60. The lowest BCUT2D eigenvalue weighted by molar-refractivity contribution is 0.548. The third-order valence-corrected chi connectivity index (χ3v) is 6.46. The Kier molecular flexibility index (Phi) is 5.50. The monoisotopic (exact) mass is 438 g/mol. The van der Waals surface area contributed by atoms with Gasteiger partial charge in [-0.15, -0.1) is 0 Å². The van der Waals surface area contributed by atoms with Gasteiger partial charge in [0.25, 0.3) is 0 Å². The molecule has 0 aliphatic carbocycles. The topological polar surface area (TPSA) is 33.1 Å². The molecule has 160 valence electrons. The van der Waals surface area contributed by atoms with E-state index in [1.165, 1.54) is 17.0 Å². The zero-order chi connectivity index (χ0) is 22.1. The van der Waals surface area contributed by atoms with E-state index in [2.05, 4.69) is 100 Å². The van der Waals surface area contributed by atoms with Crippen LogP contribution in [0.2, 0.25) is 0 Å². The molecule has 0 saturated carbocycles. The minimum absolute atomic E-state index is 0.0428. The van der Waals surface area contributed by atoms with E-state index in [4.69, 9.17) is 12.2 Å². The third-order valence-electron chi connectivity index (χ3n) is 6.14. The Labute approximate surface area is 194 Å². The van der Waals surface area contributed by atoms with Gasteiger partial charge in [0.15, 0.2) is 5.11 Å². The molecule has 2 aromatic carbocycles. The van der Waals surface area contributed by atoms with Crippen LogP contribution in [-0.4, -0.2) is 14.7 Å². The van der Waals surface area contributed by atoms with Gasteiger partial charge in [-0.2, -0.15) is 0 Å². The summed E-state index contributed by atoms with van der Waals surface area (Å²) in [4.78, 5) is 6.92. The lowest BCUT2D eigenvalue weighted by Gasteiger charge is -2.29. The maximum absolute atomic E-state index is 5.88. The highest BCUT2D eigenvalue weighted by molar-refractivity contribution is 7.80. The molecule has 0 radical (unpaired) electrons. The fourth-order valence-electron chi connectivity index (χ4n) is 4.54. The van der Waals surface area contributed by atoms with Crippen molar-refractivity contribution in [1.29, 1.82) is 0 Å². The standard InChI is InChI=1S/C27H26N4S/c1-3-20-13-15-22(16-14-20)31-26(25(29-27(31)32)23-11-7-8-18-28-23)24-17-12-19(2)30(24)21-9-5-4-6-10-21/h4-18,25-26H,3H2,1-2H3,(H,29,32). The minimum atomic E-state index is -0.0636. The van der Waals surface area contributed by atoms with Crippen LogP contribution in [-0.2, 0) is 6.42 Å². The molecule has 1 aliphatic rings. The SMILES string of the molecule is CCc1ccc(N2C(=S)NC(c3ccccn3)C2c2ccc(C)n2-c2ccccc2)cc1. The number of nitrogens with one attached hydrogen (secondary N) is 1. The summed E-state index contributed by atoms with van der Waals surface area (Å²) in [7, 11) is 0. The third kappa shape index (κ3) is 3.59. The number of aromatic nitrogens is 2. The summed E-state index contributed by atoms with van der Waals surface area (Å²) < 4.78 is 2.32. The van der Waals surface area contributed by atoms with Crippen LogP contribution < -0.4 is 10.2 Å². The van der Waals surface area contributed by atoms with Crippen molar-refractivity contribution in [1.82, 2.24) is 14.9 Å². The van der Waals surface area contributed by atoms with Gasteiger partial charge < -0.3 is 14.8 Å². The molecule has 1 N–H and O–H groups in total. The molecule has 3 heterocycles. The molecule has 4 aromatic rings. The molecule has 2 aromatic heterocycles. The number of nitrogens with zero attached hydrogens (tertiary/aromatic N) is 3. The maximum Gasteiger partial charge on any atom is 0.174 e. The van der Waals surface area contributed by atoms with Gasteiger partial charge in [-0.25, -0.2) is 0 Å². The molecule has 5 rings (SSSR count). The maximum atomic E-state index is 5.88. The van der Waals surface area contributed by atoms with E-state index in [0.717, 1.165) is 23.5 Å². The Morgan fingerprint density at radius 1 is 0.875 bits per heavy atom. The second-order valence-electron chi connectivity index (χ2n) is 8.09. The Morgan fingerprint density at radius 2 is 1.62 bits per heavy atom. The van der Waals surface area contributed by atoms with Crippen molar-refractivity contribution in [2.45, 2.75) is 32.4 Å². The van der Waals surface area contributed by atoms with Crippen molar-refractivity contribution >= 4 is 23.0 Å². The molecule has 1 aliphatic heterocycles. The fraction of sp³-hybridized carbons (Fsp3) is 0.185. The molecule has 4 nitrogen and oxygen atoms in total. The van der Waals surface area contributed by atoms with Gasteiger partial charge in [0, 0.05) is 29.0 Å². The van der Waals surface area contributed by atoms with Gasteiger partial charge in [-0.1, -0.05) is 43.3 Å². The molecular formula is C27H26N4S. The first-order valence-electron chi connectivity index (χ1n) is 11.0. The summed E-state index contributed by atoms with van der Waals surface area (Å²) >= 11 is 5.88. The van der Waals surface area contributed by atoms with Crippen molar-refractivity contribution in [2.24, 2.45) is 0 Å². The highest BCUT2D eigenvalue weighted by Gasteiger charge is 2.42. The molecule has 1 saturated heterocycles. The molecule has 0 spiro atoms. The smallest absolute Gasteiger partial charge is 0.174 e. The minimum Gasteiger partial charge on any atom is -0.351 e. The van der Waals surface area contributed by atoms with Crippen LogP contribution in [0.1, 0.15) is 41.7 Å². The lowest BCUT2D eigenvalue weighted by Crippen LogP contribution is -2.30. The van der Waals surface area contributed by atoms with Crippen LogP contribution in [0.5, 0.6) is 0 Å². The van der Waals surface area contributed by atoms with Crippen molar-refractivity contribution in [3.8, 4) is 5.69 Å². The normalized spacial score (nSPS) is 18.1. The number of thiocarbonyl (C=S) groups is 1. The van der Waals surface area contributed by atoms with E-state index in [1.54, 1.807) is 0 Å². The number of hydrogen-bond acceptors (Lipinski definition) is 2. The zero-order valence-corrected chi connectivity index (χ0v) is 19.1. The summed E-state index contributed by atoms with van der Waals surface area (Å²) in [6, 6.07) is 29.5. The van der Waals surface area contributed by atoms with Crippen molar-refractivity contribution in [3.05, 3.63) is 114 Å². The van der Waals surface area contributed by atoms with Crippen molar-refractivity contribution in [3.63, 3.8) is 0 Å². The summed E-state index contributed by atoms with van der Waals surface area (Å²) in [5.41, 5.74) is 6.88. The molecule has 2 unspecified atom stereocenters. The number of hydrogen-bond donors (Lipinski definition) is 1. The van der Waals surface area contributed by atoms with Gasteiger partial charge in [0.1, 0.15) is 6.04 Å². The van der Waals surface area contributed by atoms with E-state index >= 15 is 0 Å². The van der Waals surface area contributed by atoms with Crippen molar-refractivity contribution in [2.75, 3.05) is 4.90 Å². The summed E-state index contributed by atoms with van der Waals surface area (Å²) in [6.45, 7) is 4.32. The highest BCUT2D eigenvalue weighted by atomic mass is 32.1. The molecule has 2 atom stereocenters. The first-order valence-corrected chi connectivity index (χ1v) is 11.4. The molecule has 32 heavy (non-hydrogen) atoms. The van der Waals surface area contributed by atoms with Crippen LogP contribution in [0.3, 0.4) is 0 Å². The van der Waals surface area contributed by atoms with E-state index in [9.17, 15) is 0 Å². The average Bonchev–Trinajstić information content (AvgIpc) is 3.39. The predicted octanol–water partition coefficient (Wildman–Crippen LogP) is 5.92. The first-order chi connectivity index (χ1) is 15.7. The van der Waals surface area contributed by atoms with Crippen LogP contribution in [0, 0.1) is 6.92 Å². The zero-order valence-electron chi connectivity index (χ0n) is 18.3. The fourth-order valence-corrected chi connectivity index (χ4v) is 4.89. The van der Waals surface area contributed by atoms with Gasteiger partial charge in [-0.05, 0) is 79.7 Å². The first kappa shape index (κ1) is 20.5. The van der Waals surface area contributed by atoms with Crippen LogP contribution in [0.4, 0.5) is 5.69 Å². The Hall–Kier alpha value is -3.44. The van der Waals surface area contributed by atoms with Gasteiger partial charge in [0.2, 0.25) is 0 Å². The van der Waals surface area contributed by atoms with Gasteiger partial charge >= 0.3 is 0 Å². The quantitative estimate of drug-likeness (QED) is 0.392. The predicted molar refractivity (Wildman–Crippen MR) is 134 cm³/mol. The Morgan fingerprint density at radius 3 is 2.31 bits per heavy atom. The summed E-state index contributed by atoms with van der Waals surface area (Å²) in [6.07, 6.45) is 2.86. The molecule has 1 fully saturated rings. The number of anilines is 1. The van der Waals surface area contributed by atoms with E-state index in [-0.39, 0.29) is 12.1 Å². The number of benzene rings is 2. The number of para-hydroxylation sites is 1. The van der Waals surface area contributed by atoms with Crippen LogP contribution in [0.15, 0.2) is 91.1 Å². The van der Waals surface area contributed by atoms with Gasteiger partial charge in [0.05, 0.1) is 11.7 Å². The molecule has 0 bridgehead atoms. The molecular weight excluding hydrogens is 412 g/mol. The number of pyridine rings is 1. The molecule has 0 amide bonds. The largest absolute Gasteiger partial charge is 0.351 e. The average molecular weight is 439 g/mol. The lowest BCUT2D eigenvalue weighted by atomic mass is 10.0. The van der Waals surface area contributed by atoms with Crippen LogP contribution in [0.25, 0.3) is 5.69 Å². The number of aryl methyl sites for hydroxylation is 2. The van der Waals surface area contributed by atoms with E-state index in [1.807, 2.05) is 24.4 Å². The van der Waals surface area contributed by atoms with Gasteiger partial charge in [-0.3, -0.25) is 4.98 Å². The Bertz CT molecular complexity index is 1220. The van der Waals surface area contributed by atoms with Crippen molar-refractivity contribution < 1.29 is 0 Å². The van der Waals surface area contributed by atoms with E-state index < -0.39 is 0 Å². The van der Waals surface area contributed by atoms with E-state index in [0.29, 0.717) is 5.11 Å². The summed E-state index contributed by atoms with van der Waals surface area (Å²) in [5.74, 6) is 0. The second-order valence-corrected chi connectivity index (χ2v) is 8.47. The highest BCUT2D eigenvalue weighted by Crippen LogP contribution is 2.42. The number of rotatable bonds is 5. The Balaban J connectivity index is 1.68.